The van der Waals surface area contributed by atoms with Gasteiger partial charge in [-0.2, -0.15) is 0 Å². The average Bonchev–Trinajstić information content (AvgIpc) is 2.97. The zero-order valence-electron chi connectivity index (χ0n) is 10.6. The van der Waals surface area contributed by atoms with Crippen LogP contribution < -0.4 is 5.32 Å². The fourth-order valence-corrected chi connectivity index (χ4v) is 3.34. The van der Waals surface area contributed by atoms with Crippen LogP contribution in [0, 0.1) is 5.82 Å². The van der Waals surface area contributed by atoms with Gasteiger partial charge in [0.05, 0.1) is 17.9 Å². The summed E-state index contributed by atoms with van der Waals surface area (Å²) in [5.41, 5.74) is 0.981. The van der Waals surface area contributed by atoms with E-state index in [0.717, 1.165) is 20.7 Å². The van der Waals surface area contributed by atoms with Gasteiger partial charge in [-0.25, -0.2) is 4.39 Å². The second-order valence-corrected chi connectivity index (χ2v) is 5.45. The Morgan fingerprint density at radius 1 is 1.37 bits per heavy atom. The molecule has 0 aliphatic carbocycles. The number of aryl methyl sites for hydroxylation is 1. The molecule has 1 unspecified atom stereocenters. The Kier molecular flexibility index (Phi) is 3.04. The van der Waals surface area contributed by atoms with Crippen molar-refractivity contribution >= 4 is 21.4 Å². The van der Waals surface area contributed by atoms with Crippen LogP contribution in [-0.2, 0) is 7.05 Å². The molecule has 0 spiro atoms. The van der Waals surface area contributed by atoms with E-state index in [0.29, 0.717) is 0 Å². The summed E-state index contributed by atoms with van der Waals surface area (Å²) in [4.78, 5) is 1.12. The van der Waals surface area contributed by atoms with E-state index in [-0.39, 0.29) is 11.9 Å². The molecule has 0 fully saturated rings. The molecule has 3 aromatic rings. The van der Waals surface area contributed by atoms with Gasteiger partial charge in [-0.3, -0.25) is 4.68 Å². The number of aromatic nitrogens is 3. The molecule has 0 saturated carbocycles. The van der Waals surface area contributed by atoms with Gasteiger partial charge in [-0.05, 0) is 36.7 Å². The number of halogens is 1. The summed E-state index contributed by atoms with van der Waals surface area (Å²) < 4.78 is 16.0. The minimum absolute atomic E-state index is 0.0143. The summed E-state index contributed by atoms with van der Waals surface area (Å²) in [6.45, 7) is 0. The van der Waals surface area contributed by atoms with E-state index >= 15 is 0 Å². The Hall–Kier alpha value is -1.79. The smallest absolute Gasteiger partial charge is 0.123 e. The van der Waals surface area contributed by atoms with Crippen molar-refractivity contribution in [3.8, 4) is 0 Å². The minimum Gasteiger partial charge on any atom is -0.307 e. The second kappa shape index (κ2) is 4.71. The lowest BCUT2D eigenvalue weighted by atomic mass is 10.1. The summed E-state index contributed by atoms with van der Waals surface area (Å²) in [5.74, 6) is -0.208. The van der Waals surface area contributed by atoms with E-state index in [9.17, 15) is 4.39 Å². The van der Waals surface area contributed by atoms with Gasteiger partial charge >= 0.3 is 0 Å². The highest BCUT2D eigenvalue weighted by Crippen LogP contribution is 2.32. The molecule has 0 aliphatic heterocycles. The number of nitrogens with one attached hydrogen (secondary N) is 1. The maximum atomic E-state index is 13.2. The maximum Gasteiger partial charge on any atom is 0.123 e. The zero-order valence-corrected chi connectivity index (χ0v) is 11.4. The number of hydrogen-bond acceptors (Lipinski definition) is 4. The highest BCUT2D eigenvalue weighted by molar-refractivity contribution is 7.19. The Labute approximate surface area is 113 Å². The van der Waals surface area contributed by atoms with Crippen LogP contribution in [0.15, 0.2) is 30.5 Å². The maximum absolute atomic E-state index is 13.2. The molecule has 1 atom stereocenters. The number of benzene rings is 1. The van der Waals surface area contributed by atoms with Crippen molar-refractivity contribution in [1.82, 2.24) is 20.3 Å². The summed E-state index contributed by atoms with van der Waals surface area (Å²) in [7, 11) is 3.75. The minimum atomic E-state index is -0.208. The average molecular weight is 276 g/mol. The molecule has 98 valence electrons. The Morgan fingerprint density at radius 3 is 2.89 bits per heavy atom. The van der Waals surface area contributed by atoms with Gasteiger partial charge in [-0.1, -0.05) is 5.21 Å². The lowest BCUT2D eigenvalue weighted by molar-refractivity contribution is 0.604. The van der Waals surface area contributed by atoms with E-state index in [1.165, 1.54) is 6.07 Å². The summed E-state index contributed by atoms with van der Waals surface area (Å²) in [6, 6.07) is 6.89. The third-order valence-electron chi connectivity index (χ3n) is 3.12. The molecule has 0 aliphatic rings. The topological polar surface area (TPSA) is 42.7 Å². The first-order valence-electron chi connectivity index (χ1n) is 5.90. The summed E-state index contributed by atoms with van der Waals surface area (Å²) >= 11 is 1.65. The van der Waals surface area contributed by atoms with E-state index in [1.54, 1.807) is 28.3 Å². The molecule has 6 heteroatoms. The van der Waals surface area contributed by atoms with Crippen molar-refractivity contribution in [2.45, 2.75) is 6.04 Å². The number of hydrogen-bond donors (Lipinski definition) is 1. The van der Waals surface area contributed by atoms with Gasteiger partial charge in [0.2, 0.25) is 0 Å². The predicted octanol–water partition coefficient (Wildman–Crippen LogP) is 2.48. The van der Waals surface area contributed by atoms with Gasteiger partial charge in [0.15, 0.2) is 0 Å². The molecule has 1 N–H and O–H groups in total. The van der Waals surface area contributed by atoms with Crippen LogP contribution in [0.3, 0.4) is 0 Å². The first-order valence-corrected chi connectivity index (χ1v) is 6.71. The number of nitrogens with zero attached hydrogens (tertiary/aromatic N) is 3. The standard InChI is InChI=1S/C13H13FN4S/c1-15-13(10-7-16-17-18(10)2)12-6-8-5-9(14)3-4-11(8)19-12/h3-7,13,15H,1-2H3. The zero-order chi connectivity index (χ0) is 13.4. The fourth-order valence-electron chi connectivity index (χ4n) is 2.17. The predicted molar refractivity (Wildman–Crippen MR) is 73.7 cm³/mol. The molecule has 3 rings (SSSR count). The Morgan fingerprint density at radius 2 is 2.21 bits per heavy atom. The van der Waals surface area contributed by atoms with Gasteiger partial charge < -0.3 is 5.32 Å². The van der Waals surface area contributed by atoms with Gasteiger partial charge in [0, 0.05) is 16.6 Å². The van der Waals surface area contributed by atoms with Crippen molar-refractivity contribution in [3.05, 3.63) is 46.9 Å². The highest BCUT2D eigenvalue weighted by Gasteiger charge is 2.18. The van der Waals surface area contributed by atoms with E-state index in [1.807, 2.05) is 26.2 Å². The molecule has 19 heavy (non-hydrogen) atoms. The third-order valence-corrected chi connectivity index (χ3v) is 4.30. The highest BCUT2D eigenvalue weighted by atomic mass is 32.1. The van der Waals surface area contributed by atoms with Gasteiger partial charge in [-0.15, -0.1) is 16.4 Å². The molecule has 2 heterocycles. The SMILES string of the molecule is CNC(c1cc2cc(F)ccc2s1)c1cnnn1C. The van der Waals surface area contributed by atoms with Crippen LogP contribution in [0.25, 0.3) is 10.1 Å². The van der Waals surface area contributed by atoms with Crippen LogP contribution in [-0.4, -0.2) is 22.0 Å². The Bertz CT molecular complexity index is 718. The first kappa shape index (κ1) is 12.3. The lowest BCUT2D eigenvalue weighted by Crippen LogP contribution is -2.19. The van der Waals surface area contributed by atoms with Gasteiger partial charge in [0.1, 0.15) is 5.82 Å². The molecule has 2 aromatic heterocycles. The van der Waals surface area contributed by atoms with Crippen molar-refractivity contribution in [2.75, 3.05) is 7.05 Å². The van der Waals surface area contributed by atoms with Crippen molar-refractivity contribution in [2.24, 2.45) is 7.05 Å². The summed E-state index contributed by atoms with van der Waals surface area (Å²) in [6.07, 6.45) is 1.74. The largest absolute Gasteiger partial charge is 0.307 e. The third kappa shape index (κ3) is 2.13. The van der Waals surface area contributed by atoms with Crippen LogP contribution >= 0.6 is 11.3 Å². The number of rotatable bonds is 3. The fraction of sp³-hybridized carbons (Fsp3) is 0.231. The van der Waals surface area contributed by atoms with E-state index in [2.05, 4.69) is 15.6 Å². The number of fused-ring (bicyclic) bond motifs is 1. The molecule has 0 amide bonds. The molecule has 0 bridgehead atoms. The van der Waals surface area contributed by atoms with Crippen molar-refractivity contribution in [1.29, 1.82) is 0 Å². The van der Waals surface area contributed by atoms with Crippen LogP contribution in [0.5, 0.6) is 0 Å². The molecule has 0 radical (unpaired) electrons. The molecule has 4 nitrogen and oxygen atoms in total. The monoisotopic (exact) mass is 276 g/mol. The molecular formula is C13H13FN4S. The van der Waals surface area contributed by atoms with Crippen LogP contribution in [0.1, 0.15) is 16.6 Å². The van der Waals surface area contributed by atoms with Crippen LogP contribution in [0.4, 0.5) is 4.39 Å². The van der Waals surface area contributed by atoms with Gasteiger partial charge in [0.25, 0.3) is 0 Å². The van der Waals surface area contributed by atoms with E-state index in [4.69, 9.17) is 0 Å². The molecule has 1 aromatic carbocycles. The molecule has 0 saturated heterocycles. The van der Waals surface area contributed by atoms with Crippen molar-refractivity contribution in [3.63, 3.8) is 0 Å². The van der Waals surface area contributed by atoms with Crippen LogP contribution in [0.2, 0.25) is 0 Å². The Balaban J connectivity index is 2.09. The lowest BCUT2D eigenvalue weighted by Gasteiger charge is -2.13. The van der Waals surface area contributed by atoms with Crippen molar-refractivity contribution < 1.29 is 4.39 Å². The summed E-state index contributed by atoms with van der Waals surface area (Å²) in [5, 5.41) is 12.0. The molecular weight excluding hydrogens is 263 g/mol. The quantitative estimate of drug-likeness (QED) is 0.799. The van der Waals surface area contributed by atoms with E-state index < -0.39 is 0 Å². The number of thiophene rings is 1. The second-order valence-electron chi connectivity index (χ2n) is 4.34. The normalized spacial score (nSPS) is 13.0. The first-order chi connectivity index (χ1) is 9.19.